The smallest absolute Gasteiger partial charge is 0.149 e. The zero-order valence-corrected chi connectivity index (χ0v) is 34.7. The molecule has 2 heterocycles. The monoisotopic (exact) mass is 784 g/mol. The summed E-state index contributed by atoms with van der Waals surface area (Å²) in [7, 11) is 0. The molecule has 0 unspecified atom stereocenters. The third-order valence-electron chi connectivity index (χ3n) is 11.1. The molecule has 0 bridgehead atoms. The molecule has 294 valence electrons. The number of phenolic OH excluding ortho intramolecular Hbond substituents is 1. The first-order valence-corrected chi connectivity index (χ1v) is 20.3. The van der Waals surface area contributed by atoms with Crippen LogP contribution in [-0.4, -0.2) is 19.6 Å². The third kappa shape index (κ3) is 7.30. The van der Waals surface area contributed by atoms with E-state index < -0.39 is 23.5 Å². The summed E-state index contributed by atoms with van der Waals surface area (Å²) in [6.07, 6.45) is 1.76. The minimum Gasteiger partial charge on any atom is -0.507 e. The molecule has 1 N–H and O–H groups in total. The van der Waals surface area contributed by atoms with Crippen molar-refractivity contribution in [1.29, 1.82) is 0 Å². The first kappa shape index (κ1) is 32.9. The number of para-hydroxylation sites is 2. The van der Waals surface area contributed by atoms with Gasteiger partial charge in [-0.15, -0.1) is 0 Å². The van der Waals surface area contributed by atoms with Gasteiger partial charge in [0.05, 0.1) is 34.8 Å². The predicted octanol–water partition coefficient (Wildman–Crippen LogP) is 14.7. The average molecular weight is 785 g/mol. The molecule has 0 amide bonds. The van der Waals surface area contributed by atoms with E-state index >= 15 is 0 Å². The van der Waals surface area contributed by atoms with Crippen LogP contribution < -0.4 is 0 Å². The molecule has 0 aliphatic carbocycles. The van der Waals surface area contributed by atoms with Gasteiger partial charge in [0.15, 0.2) is 0 Å². The molecule has 0 fully saturated rings. The van der Waals surface area contributed by atoms with Gasteiger partial charge in [0.2, 0.25) is 0 Å². The number of hydrogen-bond acceptors (Lipinski definition) is 3. The normalized spacial score (nSPS) is 13.1. The van der Waals surface area contributed by atoms with E-state index in [0.29, 0.717) is 39.3 Å². The van der Waals surface area contributed by atoms with E-state index in [9.17, 15) is 5.11 Å². The van der Waals surface area contributed by atoms with E-state index in [1.807, 2.05) is 109 Å². The van der Waals surface area contributed by atoms with Crippen LogP contribution in [0.1, 0.15) is 59.5 Å². The molecule has 4 nitrogen and oxygen atoms in total. The van der Waals surface area contributed by atoms with Gasteiger partial charge in [-0.25, -0.2) is 4.98 Å². The number of benzene rings is 7. The van der Waals surface area contributed by atoms with E-state index in [2.05, 4.69) is 82.5 Å². The summed E-state index contributed by atoms with van der Waals surface area (Å²) in [4.78, 5) is 10.4. The Morgan fingerprint density at radius 1 is 0.517 bits per heavy atom. The zero-order chi connectivity index (χ0) is 45.9. The van der Waals surface area contributed by atoms with Crippen molar-refractivity contribution in [1.82, 2.24) is 14.5 Å². The molecule has 0 spiro atoms. The topological polar surface area (TPSA) is 50.9 Å². The minimum atomic E-state index is -0.454. The number of aromatic nitrogens is 3. The summed E-state index contributed by atoms with van der Waals surface area (Å²) >= 11 is 0. The maximum Gasteiger partial charge on any atom is 0.149 e. The van der Waals surface area contributed by atoms with Crippen LogP contribution in [0.15, 0.2) is 182 Å². The van der Waals surface area contributed by atoms with Crippen LogP contribution in [0.2, 0.25) is 0 Å². The number of nitrogens with zero attached hydrogens (tertiary/aromatic N) is 3. The van der Waals surface area contributed by atoms with Crippen molar-refractivity contribution in [3.63, 3.8) is 0 Å². The van der Waals surface area contributed by atoms with E-state index in [1.54, 1.807) is 6.20 Å². The molecule has 0 radical (unpaired) electrons. The Bertz CT molecular complexity index is 3260. The van der Waals surface area contributed by atoms with Crippen molar-refractivity contribution in [2.75, 3.05) is 0 Å². The highest BCUT2D eigenvalue weighted by molar-refractivity contribution is 5.98. The Labute approximate surface area is 360 Å². The van der Waals surface area contributed by atoms with Gasteiger partial charge in [0.25, 0.3) is 0 Å². The Kier molecular flexibility index (Phi) is 8.37. The van der Waals surface area contributed by atoms with Gasteiger partial charge in [-0.05, 0) is 98.3 Å². The highest BCUT2D eigenvalue weighted by atomic mass is 16.3. The maximum absolute atomic E-state index is 12.4. The van der Waals surface area contributed by atoms with Crippen LogP contribution in [0, 0.1) is 0 Å². The summed E-state index contributed by atoms with van der Waals surface area (Å²) in [5.74, 6) is 0.722. The van der Waals surface area contributed by atoms with E-state index in [-0.39, 0.29) is 28.8 Å². The number of rotatable bonds is 7. The van der Waals surface area contributed by atoms with E-state index in [1.165, 1.54) is 0 Å². The standard InChI is InChI=1S/C56H49N3O/c1-55(2,3)44-35-47(53(60)48(36-44)56(4,5)6)54-58-52-46(26-18-28-51(52)59(54)50-27-17-16-25-45(50)39-23-14-9-15-24-39)42-31-41(38-21-12-8-13-22-38)32-43(33-42)49-34-40(29-30-57-49)37-19-10-7-11-20-37/h7-36,60H,1-6H3/i8D,12D,13D,21D,22D. The fraction of sp³-hybridized carbons (Fsp3) is 0.143. The fourth-order valence-corrected chi connectivity index (χ4v) is 7.97. The van der Waals surface area contributed by atoms with Crippen molar-refractivity contribution in [3.8, 4) is 78.6 Å². The molecule has 60 heavy (non-hydrogen) atoms. The van der Waals surface area contributed by atoms with Crippen molar-refractivity contribution in [2.24, 2.45) is 0 Å². The van der Waals surface area contributed by atoms with Crippen LogP contribution in [-0.2, 0) is 10.8 Å². The number of phenols is 1. The first-order chi connectivity index (χ1) is 31.0. The number of fused-ring (bicyclic) bond motifs is 1. The molecule has 0 atom stereocenters. The molecule has 7 aromatic carbocycles. The zero-order valence-electron chi connectivity index (χ0n) is 39.7. The highest BCUT2D eigenvalue weighted by Crippen LogP contribution is 2.45. The lowest BCUT2D eigenvalue weighted by atomic mass is 9.79. The Morgan fingerprint density at radius 2 is 1.17 bits per heavy atom. The van der Waals surface area contributed by atoms with Crippen LogP contribution in [0.25, 0.3) is 83.9 Å². The molecule has 9 aromatic rings. The number of imidazole rings is 1. The number of aromatic hydroxyl groups is 1. The molecular weight excluding hydrogens is 731 g/mol. The van der Waals surface area contributed by atoms with Crippen molar-refractivity contribution in [3.05, 3.63) is 193 Å². The Balaban J connectivity index is 1.38. The Morgan fingerprint density at radius 3 is 1.88 bits per heavy atom. The molecule has 0 aliphatic heterocycles. The SMILES string of the molecule is [2H]c1c([2H])c([2H])c(-c2cc(-c3cc(-c4ccccc4)ccn3)cc(-c3cccc4c3nc(-c3cc(C(C)(C)C)cc(C(C)(C)C)c3O)n4-c3ccccc3-c3ccccc3)c2)c([2H])c1[2H]. The van der Waals surface area contributed by atoms with Crippen LogP contribution in [0.4, 0.5) is 0 Å². The third-order valence-corrected chi connectivity index (χ3v) is 11.1. The molecule has 9 rings (SSSR count). The van der Waals surface area contributed by atoms with E-state index in [0.717, 1.165) is 50.1 Å². The molecule has 2 aromatic heterocycles. The average Bonchev–Trinajstić information content (AvgIpc) is 3.69. The lowest BCUT2D eigenvalue weighted by Gasteiger charge is -2.27. The van der Waals surface area contributed by atoms with Crippen molar-refractivity contribution in [2.45, 2.75) is 52.4 Å². The predicted molar refractivity (Wildman–Crippen MR) is 251 cm³/mol. The molecule has 0 aliphatic rings. The quantitative estimate of drug-likeness (QED) is 0.175. The van der Waals surface area contributed by atoms with Crippen molar-refractivity contribution >= 4 is 11.0 Å². The van der Waals surface area contributed by atoms with Crippen molar-refractivity contribution < 1.29 is 12.0 Å². The second kappa shape index (κ2) is 15.3. The largest absolute Gasteiger partial charge is 0.507 e. The van der Waals surface area contributed by atoms with Crippen LogP contribution >= 0.6 is 0 Å². The summed E-state index contributed by atoms with van der Waals surface area (Å²) < 4.78 is 45.7. The molecule has 0 saturated carbocycles. The molecule has 4 heteroatoms. The molecular formula is C56H49N3O. The fourth-order valence-electron chi connectivity index (χ4n) is 7.97. The van der Waals surface area contributed by atoms with Gasteiger partial charge >= 0.3 is 0 Å². The first-order valence-electron chi connectivity index (χ1n) is 22.8. The summed E-state index contributed by atoms with van der Waals surface area (Å²) in [6.45, 7) is 12.8. The molecule has 0 saturated heterocycles. The van der Waals surface area contributed by atoms with Crippen LogP contribution in [0.3, 0.4) is 0 Å². The highest BCUT2D eigenvalue weighted by Gasteiger charge is 2.29. The minimum absolute atomic E-state index is 0.0899. The lowest BCUT2D eigenvalue weighted by Crippen LogP contribution is -2.17. The van der Waals surface area contributed by atoms with E-state index in [4.69, 9.17) is 16.8 Å². The number of pyridine rings is 1. The van der Waals surface area contributed by atoms with Crippen LogP contribution in [0.5, 0.6) is 5.75 Å². The summed E-state index contributed by atoms with van der Waals surface area (Å²) in [5.41, 5.74) is 11.5. The second-order valence-corrected chi connectivity index (χ2v) is 17.3. The van der Waals surface area contributed by atoms with Gasteiger partial charge in [-0.2, -0.15) is 0 Å². The van der Waals surface area contributed by atoms with Gasteiger partial charge in [-0.1, -0.05) is 169 Å². The van der Waals surface area contributed by atoms with Gasteiger partial charge in [-0.3, -0.25) is 9.55 Å². The van der Waals surface area contributed by atoms with Gasteiger partial charge < -0.3 is 5.11 Å². The maximum atomic E-state index is 12.4. The van der Waals surface area contributed by atoms with Gasteiger partial charge in [0, 0.05) is 28.5 Å². The summed E-state index contributed by atoms with van der Waals surface area (Å²) in [5, 5.41) is 12.4. The number of hydrogen-bond donors (Lipinski definition) is 1. The lowest BCUT2D eigenvalue weighted by molar-refractivity contribution is 0.446. The Hall–Kier alpha value is -7.04. The summed E-state index contributed by atoms with van der Waals surface area (Å²) in [6, 6.07) is 46.5. The van der Waals surface area contributed by atoms with Gasteiger partial charge in [0.1, 0.15) is 11.6 Å². The second-order valence-electron chi connectivity index (χ2n) is 17.3.